The van der Waals surface area contributed by atoms with Crippen LogP contribution in [0.3, 0.4) is 0 Å². The minimum absolute atomic E-state index is 0.595. The second-order valence-electron chi connectivity index (χ2n) is 4.02. The highest BCUT2D eigenvalue weighted by atomic mass is 35.5. The zero-order chi connectivity index (χ0) is 12.7. The van der Waals surface area contributed by atoms with Crippen molar-refractivity contribution in [3.63, 3.8) is 0 Å². The highest BCUT2D eigenvalue weighted by Gasteiger charge is 2.09. The van der Waals surface area contributed by atoms with Crippen LogP contribution in [0, 0.1) is 5.41 Å². The quantitative estimate of drug-likeness (QED) is 0.555. The zero-order valence-electron chi connectivity index (χ0n) is 10.0. The highest BCUT2D eigenvalue weighted by Crippen LogP contribution is 2.26. The van der Waals surface area contributed by atoms with Gasteiger partial charge < -0.3 is 5.41 Å². The molecule has 1 N–H and O–H groups in total. The molecule has 17 heavy (non-hydrogen) atoms. The lowest BCUT2D eigenvalue weighted by atomic mass is 9.92. The van der Waals surface area contributed by atoms with Crippen LogP contribution in [0.15, 0.2) is 59.8 Å². The molecule has 0 atom stereocenters. The molecule has 0 aliphatic heterocycles. The Morgan fingerprint density at radius 1 is 1.47 bits per heavy atom. The molecule has 0 fully saturated rings. The Hall–Kier alpha value is -1.34. The van der Waals surface area contributed by atoms with Crippen molar-refractivity contribution in [1.29, 1.82) is 5.41 Å². The second kappa shape index (κ2) is 7.08. The van der Waals surface area contributed by atoms with Crippen LogP contribution in [0.25, 0.3) is 0 Å². The van der Waals surface area contributed by atoms with Crippen molar-refractivity contribution in [1.82, 2.24) is 0 Å². The van der Waals surface area contributed by atoms with E-state index in [1.165, 1.54) is 11.8 Å². The van der Waals surface area contributed by atoms with Gasteiger partial charge in [0, 0.05) is 12.1 Å². The summed E-state index contributed by atoms with van der Waals surface area (Å²) in [6.45, 7) is 7.95. The van der Waals surface area contributed by atoms with Crippen molar-refractivity contribution in [3.05, 3.63) is 59.8 Å². The van der Waals surface area contributed by atoms with E-state index in [9.17, 15) is 0 Å². The Labute approximate surface area is 108 Å². The molecule has 0 aromatic carbocycles. The average Bonchev–Trinajstić information content (AvgIpc) is 2.41. The molecule has 1 aliphatic rings. The van der Waals surface area contributed by atoms with Crippen molar-refractivity contribution in [2.75, 3.05) is 5.88 Å². The molecule has 0 amide bonds. The van der Waals surface area contributed by atoms with E-state index in [4.69, 9.17) is 17.0 Å². The summed E-state index contributed by atoms with van der Waals surface area (Å²) in [5, 5.41) is 7.36. The smallest absolute Gasteiger partial charge is 0.0261 e. The Balaban J connectivity index is 3.13. The summed E-state index contributed by atoms with van der Waals surface area (Å²) in [5.74, 6) is 0.595. The van der Waals surface area contributed by atoms with E-state index in [1.54, 1.807) is 0 Å². The summed E-state index contributed by atoms with van der Waals surface area (Å²) in [6.07, 6.45) is 11.9. The number of hydrogen-bond donors (Lipinski definition) is 1. The summed E-state index contributed by atoms with van der Waals surface area (Å²) in [5.41, 5.74) is 4.16. The van der Waals surface area contributed by atoms with Crippen LogP contribution in [0.4, 0.5) is 0 Å². The van der Waals surface area contributed by atoms with Gasteiger partial charge in [-0.25, -0.2) is 0 Å². The number of rotatable bonds is 4. The van der Waals surface area contributed by atoms with E-state index >= 15 is 0 Å². The van der Waals surface area contributed by atoms with E-state index in [-0.39, 0.29) is 0 Å². The van der Waals surface area contributed by atoms with Gasteiger partial charge in [-0.05, 0) is 30.4 Å². The summed E-state index contributed by atoms with van der Waals surface area (Å²) in [6, 6.07) is 0. The van der Waals surface area contributed by atoms with Crippen LogP contribution in [0.1, 0.15) is 19.3 Å². The van der Waals surface area contributed by atoms with Crippen molar-refractivity contribution in [2.45, 2.75) is 19.3 Å². The number of hydrogen-bond acceptors (Lipinski definition) is 1. The largest absolute Gasteiger partial charge is 0.308 e. The summed E-state index contributed by atoms with van der Waals surface area (Å²) >= 11 is 5.84. The van der Waals surface area contributed by atoms with Gasteiger partial charge in [-0.1, -0.05) is 48.6 Å². The van der Waals surface area contributed by atoms with E-state index in [2.05, 4.69) is 19.2 Å². The third kappa shape index (κ3) is 4.20. The fourth-order valence-corrected chi connectivity index (χ4v) is 2.04. The van der Waals surface area contributed by atoms with Gasteiger partial charge in [0.25, 0.3) is 0 Å². The molecule has 1 nitrogen and oxygen atoms in total. The predicted octanol–water partition coefficient (Wildman–Crippen LogP) is 4.58. The first-order valence-corrected chi connectivity index (χ1v) is 6.20. The highest BCUT2D eigenvalue weighted by molar-refractivity contribution is 6.18. The fourth-order valence-electron chi connectivity index (χ4n) is 1.81. The molecular formula is C15H18ClN. The predicted molar refractivity (Wildman–Crippen MR) is 76.9 cm³/mol. The number of alkyl halides is 1. The molecule has 0 aromatic heterocycles. The van der Waals surface area contributed by atoms with Gasteiger partial charge >= 0.3 is 0 Å². The van der Waals surface area contributed by atoms with Gasteiger partial charge in [-0.3, -0.25) is 0 Å². The summed E-state index contributed by atoms with van der Waals surface area (Å²) in [7, 11) is 0. The topological polar surface area (TPSA) is 23.9 Å². The third-order valence-corrected chi connectivity index (χ3v) is 2.92. The monoisotopic (exact) mass is 247 g/mol. The normalized spacial score (nSPS) is 24.4. The van der Waals surface area contributed by atoms with Gasteiger partial charge in [-0.2, -0.15) is 0 Å². The lowest BCUT2D eigenvalue weighted by Crippen LogP contribution is -1.98. The van der Waals surface area contributed by atoms with Crippen molar-refractivity contribution in [2.24, 2.45) is 0 Å². The third-order valence-electron chi connectivity index (χ3n) is 2.73. The lowest BCUT2D eigenvalue weighted by Gasteiger charge is -2.14. The van der Waals surface area contributed by atoms with E-state index < -0.39 is 0 Å². The van der Waals surface area contributed by atoms with Crippen LogP contribution in [0.2, 0.25) is 0 Å². The lowest BCUT2D eigenvalue weighted by molar-refractivity contribution is 0.984. The second-order valence-corrected chi connectivity index (χ2v) is 4.40. The van der Waals surface area contributed by atoms with Crippen molar-refractivity contribution in [3.8, 4) is 0 Å². The van der Waals surface area contributed by atoms with E-state index in [0.29, 0.717) is 5.88 Å². The number of halogens is 1. The Bertz CT molecular complexity index is 411. The maximum Gasteiger partial charge on any atom is 0.0261 e. The van der Waals surface area contributed by atoms with E-state index in [0.717, 1.165) is 36.0 Å². The standard InChI is InChI=1S/C15H18ClN/c1-12-6-4-3-5-7-14(8-9-16)15(10-12)13(2)11-17/h3-6,11,17H,1-2,7-10H2/b5-3-,6-4-,15-14-,17-11?. The molecule has 2 heteroatoms. The molecule has 0 radical (unpaired) electrons. The molecule has 0 spiro atoms. The zero-order valence-corrected chi connectivity index (χ0v) is 10.8. The Morgan fingerprint density at radius 2 is 2.24 bits per heavy atom. The molecule has 1 aliphatic carbocycles. The molecular weight excluding hydrogens is 230 g/mol. The summed E-state index contributed by atoms with van der Waals surface area (Å²) < 4.78 is 0. The Kier molecular flexibility index (Phi) is 5.71. The van der Waals surface area contributed by atoms with Crippen LogP contribution in [0.5, 0.6) is 0 Å². The average molecular weight is 248 g/mol. The van der Waals surface area contributed by atoms with Gasteiger partial charge in [0.05, 0.1) is 0 Å². The van der Waals surface area contributed by atoms with Crippen molar-refractivity contribution < 1.29 is 0 Å². The van der Waals surface area contributed by atoms with E-state index in [1.807, 2.05) is 18.2 Å². The van der Waals surface area contributed by atoms with Crippen molar-refractivity contribution >= 4 is 17.8 Å². The molecule has 0 saturated carbocycles. The molecule has 0 heterocycles. The first-order valence-electron chi connectivity index (χ1n) is 5.66. The molecule has 0 aromatic rings. The SMILES string of the molecule is C=C1/C=C\C=C/C/C(CCCl)=C(/C(=C)C=N)C1. The molecule has 90 valence electrons. The molecule has 0 saturated heterocycles. The first kappa shape index (κ1) is 13.7. The maximum absolute atomic E-state index is 7.36. The van der Waals surface area contributed by atoms with Gasteiger partial charge in [0.1, 0.15) is 0 Å². The van der Waals surface area contributed by atoms with Crippen LogP contribution in [-0.4, -0.2) is 12.1 Å². The van der Waals surface area contributed by atoms with Gasteiger partial charge in [0.15, 0.2) is 0 Å². The fraction of sp³-hybridized carbons (Fsp3) is 0.267. The Morgan fingerprint density at radius 3 is 2.88 bits per heavy atom. The maximum atomic E-state index is 7.36. The number of allylic oxidation sites excluding steroid dienone is 8. The number of nitrogens with one attached hydrogen (secondary N) is 1. The minimum Gasteiger partial charge on any atom is -0.308 e. The van der Waals surface area contributed by atoms with Crippen LogP contribution >= 0.6 is 11.6 Å². The minimum atomic E-state index is 0.595. The van der Waals surface area contributed by atoms with Crippen LogP contribution < -0.4 is 0 Å². The van der Waals surface area contributed by atoms with Gasteiger partial charge in [0.2, 0.25) is 0 Å². The molecule has 1 rings (SSSR count). The van der Waals surface area contributed by atoms with Gasteiger partial charge in [-0.15, -0.1) is 11.6 Å². The van der Waals surface area contributed by atoms with Crippen LogP contribution in [-0.2, 0) is 0 Å². The molecule has 0 bridgehead atoms. The first-order chi connectivity index (χ1) is 8.19. The summed E-state index contributed by atoms with van der Waals surface area (Å²) in [4.78, 5) is 0. The molecule has 0 unspecified atom stereocenters.